The molecule has 2 saturated heterocycles. The van der Waals surface area contributed by atoms with Gasteiger partial charge in [0, 0.05) is 18.2 Å². The number of amides is 1. The number of allylic oxidation sites excluding steroid dienone is 3. The van der Waals surface area contributed by atoms with E-state index in [-0.39, 0.29) is 24.1 Å². The van der Waals surface area contributed by atoms with Crippen LogP contribution in [0, 0.1) is 0 Å². The third-order valence-electron chi connectivity index (χ3n) is 3.51. The van der Waals surface area contributed by atoms with Crippen molar-refractivity contribution in [3.8, 4) is 0 Å². The number of aliphatic hydroxyl groups excluding tert-OH is 1. The summed E-state index contributed by atoms with van der Waals surface area (Å²) in [5, 5.41) is 9.64. The fourth-order valence-corrected chi connectivity index (χ4v) is 2.84. The molecule has 2 fully saturated rings. The van der Waals surface area contributed by atoms with E-state index in [2.05, 4.69) is 0 Å². The molecule has 2 aliphatic rings. The Labute approximate surface area is 96.4 Å². The number of carbonyl (C=O) groups is 1. The molecule has 0 spiro atoms. The number of hydrogen-bond donors (Lipinski definition) is 1. The van der Waals surface area contributed by atoms with E-state index in [1.54, 1.807) is 12.2 Å². The quantitative estimate of drug-likeness (QED) is 0.569. The lowest BCUT2D eigenvalue weighted by Gasteiger charge is -2.36. The van der Waals surface area contributed by atoms with Crippen molar-refractivity contribution in [1.82, 2.24) is 4.90 Å². The van der Waals surface area contributed by atoms with E-state index >= 15 is 0 Å². The molecule has 0 aromatic carbocycles. The molecule has 3 nitrogen and oxygen atoms in total. The van der Waals surface area contributed by atoms with E-state index in [0.29, 0.717) is 0 Å². The van der Waals surface area contributed by atoms with Gasteiger partial charge >= 0.3 is 0 Å². The zero-order valence-corrected chi connectivity index (χ0v) is 9.67. The first-order valence-electron chi connectivity index (χ1n) is 6.02. The van der Waals surface area contributed by atoms with Gasteiger partial charge in [-0.25, -0.2) is 0 Å². The molecule has 0 aliphatic carbocycles. The van der Waals surface area contributed by atoms with Crippen LogP contribution in [0.25, 0.3) is 0 Å². The average Bonchev–Trinajstić information content (AvgIpc) is 2.52. The number of fused-ring (bicyclic) bond motifs is 2. The predicted molar refractivity (Wildman–Crippen MR) is 62.9 cm³/mol. The molecule has 0 aromatic rings. The van der Waals surface area contributed by atoms with Crippen LogP contribution in [0.15, 0.2) is 24.3 Å². The molecule has 0 radical (unpaired) electrons. The number of carbonyl (C=O) groups excluding carboxylic acids is 1. The number of piperidine rings is 1. The van der Waals surface area contributed by atoms with Crippen LogP contribution < -0.4 is 0 Å². The summed E-state index contributed by atoms with van der Waals surface area (Å²) < 4.78 is 0. The molecule has 2 aliphatic heterocycles. The maximum atomic E-state index is 12.0. The second kappa shape index (κ2) is 4.83. The van der Waals surface area contributed by atoms with Gasteiger partial charge in [-0.15, -0.1) is 0 Å². The highest BCUT2D eigenvalue weighted by molar-refractivity contribution is 5.88. The first-order valence-corrected chi connectivity index (χ1v) is 6.02. The predicted octanol–water partition coefficient (Wildman–Crippen LogP) is 1.63. The molecule has 0 saturated carbocycles. The molecule has 2 heterocycles. The Hall–Kier alpha value is -1.09. The smallest absolute Gasteiger partial charge is 0.247 e. The number of hydrogen-bond acceptors (Lipinski definition) is 2. The third-order valence-corrected chi connectivity index (χ3v) is 3.51. The van der Waals surface area contributed by atoms with Crippen molar-refractivity contribution in [3.05, 3.63) is 24.3 Å². The summed E-state index contributed by atoms with van der Waals surface area (Å²) in [5.74, 6) is 0.0949. The molecular weight excluding hydrogens is 202 g/mol. The van der Waals surface area contributed by atoms with Gasteiger partial charge in [-0.3, -0.25) is 4.79 Å². The number of rotatable bonds is 2. The molecule has 1 N–H and O–H groups in total. The molecule has 88 valence electrons. The molecule has 2 rings (SSSR count). The van der Waals surface area contributed by atoms with E-state index in [1.165, 1.54) is 0 Å². The Balaban J connectivity index is 2.02. The van der Waals surface area contributed by atoms with Gasteiger partial charge in [0.05, 0.1) is 6.10 Å². The highest BCUT2D eigenvalue weighted by Gasteiger charge is 2.41. The number of nitrogens with zero attached hydrogens (tertiary/aromatic N) is 1. The largest absolute Gasteiger partial charge is 0.393 e. The van der Waals surface area contributed by atoms with Gasteiger partial charge in [0.15, 0.2) is 0 Å². The third kappa shape index (κ3) is 2.19. The van der Waals surface area contributed by atoms with Crippen molar-refractivity contribution < 1.29 is 9.90 Å². The molecule has 2 unspecified atom stereocenters. The monoisotopic (exact) mass is 221 g/mol. The second-order valence-corrected chi connectivity index (χ2v) is 4.64. The lowest BCUT2D eigenvalue weighted by atomic mass is 10.00. The summed E-state index contributed by atoms with van der Waals surface area (Å²) in [7, 11) is 0. The van der Waals surface area contributed by atoms with Gasteiger partial charge in [-0.05, 0) is 32.6 Å². The second-order valence-electron chi connectivity index (χ2n) is 4.64. The minimum atomic E-state index is -0.207. The van der Waals surface area contributed by atoms with Crippen LogP contribution >= 0.6 is 0 Å². The fraction of sp³-hybridized carbons (Fsp3) is 0.615. The summed E-state index contributed by atoms with van der Waals surface area (Å²) in [5.41, 5.74) is 0. The van der Waals surface area contributed by atoms with E-state index < -0.39 is 0 Å². The average molecular weight is 221 g/mol. The standard InChI is InChI=1S/C13H19NO2/c1-2-3-4-5-13(16)14-10-6-7-11(14)9-12(15)8-10/h2-5,10-12,15H,6-9H2,1H3. The highest BCUT2D eigenvalue weighted by Crippen LogP contribution is 2.35. The normalized spacial score (nSPS) is 34.1. The molecule has 2 atom stereocenters. The Kier molecular flexibility index (Phi) is 3.44. The summed E-state index contributed by atoms with van der Waals surface area (Å²) in [4.78, 5) is 13.9. The topological polar surface area (TPSA) is 40.5 Å². The van der Waals surface area contributed by atoms with Crippen LogP contribution in [0.1, 0.15) is 32.6 Å². The summed E-state index contributed by atoms with van der Waals surface area (Å²) in [6.45, 7) is 1.93. The van der Waals surface area contributed by atoms with Crippen LogP contribution in [0.3, 0.4) is 0 Å². The van der Waals surface area contributed by atoms with Crippen molar-refractivity contribution in [2.24, 2.45) is 0 Å². The van der Waals surface area contributed by atoms with Gasteiger partial charge in [-0.1, -0.05) is 18.2 Å². The maximum absolute atomic E-state index is 12.0. The Bertz CT molecular complexity index is 308. The molecule has 1 amide bonds. The fourth-order valence-electron chi connectivity index (χ4n) is 2.84. The lowest BCUT2D eigenvalue weighted by Crippen LogP contribution is -2.47. The summed E-state index contributed by atoms with van der Waals surface area (Å²) >= 11 is 0. The zero-order valence-electron chi connectivity index (χ0n) is 9.67. The van der Waals surface area contributed by atoms with Gasteiger partial charge in [0.1, 0.15) is 0 Å². The van der Waals surface area contributed by atoms with E-state index in [4.69, 9.17) is 0 Å². The van der Waals surface area contributed by atoms with Crippen LogP contribution in [0.5, 0.6) is 0 Å². The highest BCUT2D eigenvalue weighted by atomic mass is 16.3. The van der Waals surface area contributed by atoms with Gasteiger partial charge in [0.2, 0.25) is 5.91 Å². The molecule has 3 heteroatoms. The Morgan fingerprint density at radius 3 is 2.44 bits per heavy atom. The van der Waals surface area contributed by atoms with Crippen LogP contribution in [0.4, 0.5) is 0 Å². The molecule has 16 heavy (non-hydrogen) atoms. The van der Waals surface area contributed by atoms with E-state index in [0.717, 1.165) is 25.7 Å². The lowest BCUT2D eigenvalue weighted by molar-refractivity contribution is -0.132. The Morgan fingerprint density at radius 1 is 1.25 bits per heavy atom. The van der Waals surface area contributed by atoms with Crippen LogP contribution in [-0.2, 0) is 4.79 Å². The Morgan fingerprint density at radius 2 is 1.88 bits per heavy atom. The molecular formula is C13H19NO2. The van der Waals surface area contributed by atoms with Crippen molar-refractivity contribution in [2.75, 3.05) is 0 Å². The van der Waals surface area contributed by atoms with Crippen molar-refractivity contribution in [1.29, 1.82) is 0 Å². The van der Waals surface area contributed by atoms with Crippen molar-refractivity contribution >= 4 is 5.91 Å². The molecule has 2 bridgehead atoms. The zero-order chi connectivity index (χ0) is 11.5. The summed E-state index contributed by atoms with van der Waals surface area (Å²) in [6.07, 6.45) is 10.6. The first kappa shape index (κ1) is 11.4. The first-order chi connectivity index (χ1) is 7.72. The van der Waals surface area contributed by atoms with Gasteiger partial charge in [-0.2, -0.15) is 0 Å². The SMILES string of the molecule is CC=CC=CC(=O)N1C2CCC1CC(O)C2. The minimum Gasteiger partial charge on any atom is -0.393 e. The van der Waals surface area contributed by atoms with E-state index in [9.17, 15) is 9.90 Å². The van der Waals surface area contributed by atoms with Crippen LogP contribution in [0.2, 0.25) is 0 Å². The van der Waals surface area contributed by atoms with Crippen molar-refractivity contribution in [2.45, 2.75) is 50.8 Å². The minimum absolute atomic E-state index is 0.0949. The van der Waals surface area contributed by atoms with Gasteiger partial charge < -0.3 is 10.0 Å². The molecule has 0 aromatic heterocycles. The van der Waals surface area contributed by atoms with E-state index in [1.807, 2.05) is 24.0 Å². The maximum Gasteiger partial charge on any atom is 0.247 e. The number of aliphatic hydroxyl groups is 1. The van der Waals surface area contributed by atoms with Gasteiger partial charge in [0.25, 0.3) is 0 Å². The van der Waals surface area contributed by atoms with Crippen molar-refractivity contribution in [3.63, 3.8) is 0 Å². The van der Waals surface area contributed by atoms with Crippen LogP contribution in [-0.4, -0.2) is 34.1 Å². The summed E-state index contributed by atoms with van der Waals surface area (Å²) in [6, 6.07) is 0.521.